The number of benzene rings is 2. The zero-order chi connectivity index (χ0) is 15.9. The first kappa shape index (κ1) is 14.8. The number of carboxylic acids is 2. The molecule has 110 valence electrons. The Kier molecular flexibility index (Phi) is 3.32. The lowest BCUT2D eigenvalue weighted by molar-refractivity contribution is 0.0649. The molecule has 2 aromatic carbocycles. The Morgan fingerprint density at radius 2 is 1.57 bits per heavy atom. The molecule has 0 aliphatic heterocycles. The van der Waals surface area contributed by atoms with Crippen LogP contribution in [0.5, 0.6) is 5.75 Å². The summed E-state index contributed by atoms with van der Waals surface area (Å²) >= 11 is 0. The average molecular weight is 312 g/mol. The third kappa shape index (κ3) is 2.39. The lowest BCUT2D eigenvalue weighted by Crippen LogP contribution is -2.15. The summed E-state index contributed by atoms with van der Waals surface area (Å²) < 4.78 is 31.7. The van der Waals surface area contributed by atoms with Crippen molar-refractivity contribution >= 4 is 32.8 Å². The maximum absolute atomic E-state index is 11.3. The van der Waals surface area contributed by atoms with Gasteiger partial charge in [-0.15, -0.1) is 0 Å². The lowest BCUT2D eigenvalue weighted by atomic mass is 9.98. The summed E-state index contributed by atoms with van der Waals surface area (Å²) in [5.74, 6) is -4.12. The van der Waals surface area contributed by atoms with Gasteiger partial charge in [0.05, 0.1) is 11.1 Å². The van der Waals surface area contributed by atoms with Gasteiger partial charge in [-0.05, 0) is 17.5 Å². The molecular weight excluding hydrogens is 304 g/mol. The van der Waals surface area contributed by atoms with Crippen LogP contribution in [0.3, 0.4) is 0 Å². The van der Waals surface area contributed by atoms with Gasteiger partial charge < -0.3 is 15.3 Å². The van der Waals surface area contributed by atoms with E-state index in [9.17, 15) is 28.2 Å². The van der Waals surface area contributed by atoms with E-state index in [0.717, 1.165) is 12.1 Å². The van der Waals surface area contributed by atoms with Gasteiger partial charge in [0.15, 0.2) is 0 Å². The van der Waals surface area contributed by atoms with Crippen LogP contribution in [0.15, 0.2) is 29.2 Å². The van der Waals surface area contributed by atoms with E-state index in [2.05, 4.69) is 0 Å². The highest BCUT2D eigenvalue weighted by Gasteiger charge is 2.30. The van der Waals surface area contributed by atoms with Crippen molar-refractivity contribution in [2.24, 2.45) is 0 Å². The molecule has 0 aliphatic carbocycles. The molecule has 9 heteroatoms. The highest BCUT2D eigenvalue weighted by Crippen LogP contribution is 2.34. The summed E-state index contributed by atoms with van der Waals surface area (Å²) in [5.41, 5.74) is -2.02. The number of aromatic hydroxyl groups is 1. The van der Waals surface area contributed by atoms with E-state index >= 15 is 0 Å². The Labute approximate surface area is 117 Å². The number of carbonyl (C=O) groups is 2. The van der Waals surface area contributed by atoms with Gasteiger partial charge in [-0.1, -0.05) is 12.1 Å². The molecule has 0 saturated heterocycles. The van der Waals surface area contributed by atoms with Gasteiger partial charge in [0.25, 0.3) is 10.1 Å². The minimum atomic E-state index is -4.96. The van der Waals surface area contributed by atoms with Crippen LogP contribution in [0.25, 0.3) is 10.8 Å². The van der Waals surface area contributed by atoms with E-state index in [1.165, 1.54) is 12.1 Å². The second-order valence-corrected chi connectivity index (χ2v) is 5.48. The van der Waals surface area contributed by atoms with E-state index < -0.39 is 43.8 Å². The number of rotatable bonds is 3. The quantitative estimate of drug-likeness (QED) is 0.617. The molecule has 2 rings (SSSR count). The van der Waals surface area contributed by atoms with E-state index in [0.29, 0.717) is 0 Å². The van der Waals surface area contributed by atoms with E-state index in [-0.39, 0.29) is 10.8 Å². The van der Waals surface area contributed by atoms with Crippen LogP contribution >= 0.6 is 0 Å². The van der Waals surface area contributed by atoms with E-state index in [1.54, 1.807) is 0 Å². The molecule has 2 aromatic rings. The van der Waals surface area contributed by atoms with Gasteiger partial charge in [0, 0.05) is 5.39 Å². The van der Waals surface area contributed by atoms with Crippen LogP contribution in [-0.4, -0.2) is 40.2 Å². The smallest absolute Gasteiger partial charge is 0.338 e. The van der Waals surface area contributed by atoms with Crippen molar-refractivity contribution in [2.45, 2.75) is 4.90 Å². The van der Waals surface area contributed by atoms with E-state index in [1.807, 2.05) is 0 Å². The SMILES string of the molecule is O=C(O)c1c(S(=O)(=O)O)cc2cccc(O)c2c1C(=O)O. The third-order valence-electron chi connectivity index (χ3n) is 2.81. The summed E-state index contributed by atoms with van der Waals surface area (Å²) in [7, 11) is -4.96. The normalized spacial score (nSPS) is 11.5. The average Bonchev–Trinajstić information content (AvgIpc) is 2.35. The summed E-state index contributed by atoms with van der Waals surface area (Å²) in [5, 5.41) is 27.6. The first-order valence-electron chi connectivity index (χ1n) is 5.37. The standard InChI is InChI=1S/C12H8O8S/c13-6-3-1-2-5-4-7(21(18,19)20)9(11(14)15)10(8(5)6)12(16)17/h1-4,13H,(H,14,15)(H,16,17)(H,18,19,20). The predicted molar refractivity (Wildman–Crippen MR) is 69.3 cm³/mol. The van der Waals surface area contributed by atoms with Gasteiger partial charge in [-0.3, -0.25) is 4.55 Å². The molecule has 0 radical (unpaired) electrons. The molecule has 0 aromatic heterocycles. The molecule has 0 fully saturated rings. The fourth-order valence-electron chi connectivity index (χ4n) is 2.04. The Bertz CT molecular complexity index is 882. The maximum Gasteiger partial charge on any atom is 0.338 e. The molecule has 0 bridgehead atoms. The second-order valence-electron chi connectivity index (χ2n) is 4.09. The van der Waals surface area contributed by atoms with Crippen molar-refractivity contribution in [1.82, 2.24) is 0 Å². The minimum absolute atomic E-state index is 0.0370. The molecule has 4 N–H and O–H groups in total. The first-order chi connectivity index (χ1) is 9.64. The predicted octanol–water partition coefficient (Wildman–Crippen LogP) is 1.19. The third-order valence-corrected chi connectivity index (χ3v) is 3.69. The van der Waals surface area contributed by atoms with Gasteiger partial charge >= 0.3 is 11.9 Å². The lowest BCUT2D eigenvalue weighted by Gasteiger charge is -2.11. The molecule has 0 unspecified atom stereocenters. The second kappa shape index (κ2) is 4.72. The Hall–Kier alpha value is -2.65. The van der Waals surface area contributed by atoms with Crippen LogP contribution in [0, 0.1) is 0 Å². The van der Waals surface area contributed by atoms with Crippen LogP contribution in [0.4, 0.5) is 0 Å². The van der Waals surface area contributed by atoms with Crippen molar-refractivity contribution in [1.29, 1.82) is 0 Å². The number of aromatic carboxylic acids is 2. The van der Waals surface area contributed by atoms with Crippen molar-refractivity contribution in [3.8, 4) is 5.75 Å². The largest absolute Gasteiger partial charge is 0.507 e. The molecule has 0 heterocycles. The van der Waals surface area contributed by atoms with E-state index in [4.69, 9.17) is 9.66 Å². The highest BCUT2D eigenvalue weighted by atomic mass is 32.2. The van der Waals surface area contributed by atoms with Crippen LogP contribution in [-0.2, 0) is 10.1 Å². The number of hydrogen-bond donors (Lipinski definition) is 4. The van der Waals surface area contributed by atoms with Crippen LogP contribution in [0.2, 0.25) is 0 Å². The Morgan fingerprint density at radius 3 is 2.05 bits per heavy atom. The van der Waals surface area contributed by atoms with Crippen molar-refractivity contribution in [3.63, 3.8) is 0 Å². The fraction of sp³-hybridized carbons (Fsp3) is 0. The molecule has 0 amide bonds. The minimum Gasteiger partial charge on any atom is -0.507 e. The highest BCUT2D eigenvalue weighted by molar-refractivity contribution is 7.86. The van der Waals surface area contributed by atoms with Gasteiger partial charge in [0.2, 0.25) is 0 Å². The number of phenols is 1. The number of phenolic OH excluding ortho intramolecular Hbond substituents is 1. The molecule has 0 atom stereocenters. The molecule has 0 spiro atoms. The summed E-state index contributed by atoms with van der Waals surface area (Å²) in [4.78, 5) is 21.5. The molecule has 21 heavy (non-hydrogen) atoms. The molecular formula is C12H8O8S. The van der Waals surface area contributed by atoms with Crippen LogP contribution in [0.1, 0.15) is 20.7 Å². The van der Waals surface area contributed by atoms with Crippen LogP contribution < -0.4 is 0 Å². The fourth-order valence-corrected chi connectivity index (χ4v) is 2.76. The topological polar surface area (TPSA) is 149 Å². The van der Waals surface area contributed by atoms with Gasteiger partial charge in [-0.2, -0.15) is 8.42 Å². The Morgan fingerprint density at radius 1 is 1.00 bits per heavy atom. The number of hydrogen-bond acceptors (Lipinski definition) is 5. The Balaban J connectivity index is 3.19. The van der Waals surface area contributed by atoms with Crippen molar-refractivity contribution < 1.29 is 37.9 Å². The zero-order valence-electron chi connectivity index (χ0n) is 10.1. The van der Waals surface area contributed by atoms with Gasteiger partial charge in [0.1, 0.15) is 10.6 Å². The summed E-state index contributed by atoms with van der Waals surface area (Å²) in [6.45, 7) is 0. The molecule has 0 saturated carbocycles. The molecule has 0 aliphatic rings. The monoisotopic (exact) mass is 312 g/mol. The summed E-state index contributed by atoms with van der Waals surface area (Å²) in [6, 6.07) is 4.52. The van der Waals surface area contributed by atoms with Crippen molar-refractivity contribution in [2.75, 3.05) is 0 Å². The molecule has 8 nitrogen and oxygen atoms in total. The number of carboxylic acid groups (broad SMARTS) is 2. The maximum atomic E-state index is 11.3. The zero-order valence-corrected chi connectivity index (χ0v) is 11.0. The van der Waals surface area contributed by atoms with Crippen molar-refractivity contribution in [3.05, 3.63) is 35.4 Å². The summed E-state index contributed by atoms with van der Waals surface area (Å²) in [6.07, 6.45) is 0. The van der Waals surface area contributed by atoms with Gasteiger partial charge in [-0.25, -0.2) is 9.59 Å². The number of fused-ring (bicyclic) bond motifs is 1. The first-order valence-corrected chi connectivity index (χ1v) is 6.81.